The minimum absolute atomic E-state index is 0.0266. The van der Waals surface area contributed by atoms with Gasteiger partial charge >= 0.3 is 0 Å². The van der Waals surface area contributed by atoms with Crippen LogP contribution in [0, 0.1) is 18.3 Å². The fourth-order valence-corrected chi connectivity index (χ4v) is 7.06. The van der Waals surface area contributed by atoms with Crippen LogP contribution in [-0.4, -0.2) is 50.6 Å². The van der Waals surface area contributed by atoms with Crippen molar-refractivity contribution in [1.29, 1.82) is 5.41 Å². The Kier molecular flexibility index (Phi) is 5.98. The number of hydrogen-bond acceptors (Lipinski definition) is 6. The van der Waals surface area contributed by atoms with Crippen LogP contribution in [-0.2, 0) is 0 Å². The lowest BCUT2D eigenvalue weighted by Gasteiger charge is -2.45. The molecule has 2 aromatic rings. The van der Waals surface area contributed by atoms with Gasteiger partial charge in [0.1, 0.15) is 5.84 Å². The van der Waals surface area contributed by atoms with Gasteiger partial charge in [0.25, 0.3) is 0 Å². The molecule has 0 bridgehead atoms. The summed E-state index contributed by atoms with van der Waals surface area (Å²) < 4.78 is 3.90. The van der Waals surface area contributed by atoms with E-state index in [-0.39, 0.29) is 5.54 Å². The smallest absolute Gasteiger partial charge is 0.225 e. The molecule has 2 heterocycles. The van der Waals surface area contributed by atoms with Gasteiger partial charge in [-0.05, 0) is 74.6 Å². The van der Waals surface area contributed by atoms with E-state index in [2.05, 4.69) is 44.4 Å². The van der Waals surface area contributed by atoms with Crippen LogP contribution in [0.3, 0.4) is 0 Å². The highest BCUT2D eigenvalue weighted by molar-refractivity contribution is 8.02. The number of anilines is 2. The van der Waals surface area contributed by atoms with Gasteiger partial charge in [0.05, 0.1) is 21.8 Å². The van der Waals surface area contributed by atoms with Crippen LogP contribution in [0.25, 0.3) is 0 Å². The van der Waals surface area contributed by atoms with Gasteiger partial charge in [-0.2, -0.15) is 0 Å². The first-order valence-electron chi connectivity index (χ1n) is 12.0. The third-order valence-corrected chi connectivity index (χ3v) is 9.20. The highest BCUT2D eigenvalue weighted by Crippen LogP contribution is 2.51. The van der Waals surface area contributed by atoms with Gasteiger partial charge in [-0.3, -0.25) is 5.41 Å². The normalized spacial score (nSPS) is 25.6. The zero-order chi connectivity index (χ0) is 23.2. The Hall–Kier alpha value is -1.99. The highest BCUT2D eigenvalue weighted by atomic mass is 35.5. The number of piperazine rings is 1. The number of nitrogens with zero attached hydrogens (tertiary/aromatic N) is 4. The van der Waals surface area contributed by atoms with Crippen LogP contribution in [0.2, 0.25) is 5.02 Å². The van der Waals surface area contributed by atoms with Gasteiger partial charge in [0.2, 0.25) is 5.95 Å². The van der Waals surface area contributed by atoms with Crippen molar-refractivity contribution in [2.24, 2.45) is 5.92 Å². The lowest BCUT2D eigenvalue weighted by molar-refractivity contribution is 0.245. The van der Waals surface area contributed by atoms with Crippen molar-refractivity contribution < 1.29 is 0 Å². The number of aromatic nitrogens is 2. The van der Waals surface area contributed by atoms with Crippen molar-refractivity contribution >= 4 is 41.0 Å². The van der Waals surface area contributed by atoms with Crippen molar-refractivity contribution in [3.8, 4) is 0 Å². The van der Waals surface area contributed by atoms with Gasteiger partial charge < -0.3 is 14.5 Å². The van der Waals surface area contributed by atoms with E-state index in [4.69, 9.17) is 11.6 Å². The Morgan fingerprint density at radius 2 is 1.97 bits per heavy atom. The summed E-state index contributed by atoms with van der Waals surface area (Å²) >= 11 is 8.52. The van der Waals surface area contributed by atoms with Crippen molar-refractivity contribution in [3.63, 3.8) is 0 Å². The van der Waals surface area contributed by atoms with Crippen LogP contribution in [0.1, 0.15) is 57.1 Å². The SMILES string of the molecule is CCC1(SNc2cccc(Cl)c2C(=N)N2CCN(c3ncc(C)cn3)CC23CC3)CC(C)C1. The lowest BCUT2D eigenvalue weighted by Crippen LogP contribution is -2.57. The summed E-state index contributed by atoms with van der Waals surface area (Å²) in [5.41, 5.74) is 2.81. The maximum atomic E-state index is 9.21. The maximum absolute atomic E-state index is 9.21. The van der Waals surface area contributed by atoms with Gasteiger partial charge in [0.15, 0.2) is 0 Å². The molecule has 8 heteroatoms. The van der Waals surface area contributed by atoms with Gasteiger partial charge in [0, 0.05) is 36.8 Å². The summed E-state index contributed by atoms with van der Waals surface area (Å²) in [4.78, 5) is 13.6. The van der Waals surface area contributed by atoms with E-state index in [1.165, 1.54) is 12.8 Å². The fraction of sp³-hybridized carbons (Fsp3) is 0.560. The molecule has 1 spiro atoms. The zero-order valence-electron chi connectivity index (χ0n) is 19.7. The average Bonchev–Trinajstić information content (AvgIpc) is 3.55. The minimum atomic E-state index is -0.0266. The van der Waals surface area contributed by atoms with E-state index in [0.717, 1.165) is 67.6 Å². The van der Waals surface area contributed by atoms with Crippen molar-refractivity contribution in [2.45, 2.75) is 63.2 Å². The second kappa shape index (κ2) is 8.66. The van der Waals surface area contributed by atoms with Crippen LogP contribution in [0.5, 0.6) is 0 Å². The Morgan fingerprint density at radius 3 is 2.61 bits per heavy atom. The highest BCUT2D eigenvalue weighted by Gasteiger charge is 2.53. The van der Waals surface area contributed by atoms with Gasteiger partial charge in [-0.25, -0.2) is 9.97 Å². The Bertz CT molecular complexity index is 1030. The summed E-state index contributed by atoms with van der Waals surface area (Å²) in [5.74, 6) is 2.10. The molecule has 0 atom stereocenters. The Labute approximate surface area is 206 Å². The third-order valence-electron chi connectivity index (χ3n) is 7.51. The summed E-state index contributed by atoms with van der Waals surface area (Å²) in [7, 11) is 0. The van der Waals surface area contributed by atoms with Crippen molar-refractivity contribution in [2.75, 3.05) is 29.3 Å². The zero-order valence-corrected chi connectivity index (χ0v) is 21.3. The molecule has 5 rings (SSSR count). The molecule has 3 aliphatic rings. The van der Waals surface area contributed by atoms with Crippen LogP contribution in [0.4, 0.5) is 11.6 Å². The third kappa shape index (κ3) is 4.30. The number of halogens is 1. The molecule has 0 amide bonds. The molecule has 33 heavy (non-hydrogen) atoms. The first-order valence-corrected chi connectivity index (χ1v) is 13.2. The van der Waals surface area contributed by atoms with Gasteiger partial charge in [-0.1, -0.05) is 31.5 Å². The summed E-state index contributed by atoms with van der Waals surface area (Å²) in [5, 5.41) is 9.85. The molecule has 2 aliphatic carbocycles. The number of amidine groups is 1. The molecule has 3 fully saturated rings. The number of benzene rings is 1. The van der Waals surface area contributed by atoms with E-state index < -0.39 is 0 Å². The Morgan fingerprint density at radius 1 is 1.24 bits per heavy atom. The lowest BCUT2D eigenvalue weighted by atomic mass is 9.74. The molecule has 0 radical (unpaired) electrons. The fourth-order valence-electron chi connectivity index (χ4n) is 5.42. The topological polar surface area (TPSA) is 68.1 Å². The van der Waals surface area contributed by atoms with Crippen LogP contribution < -0.4 is 9.62 Å². The standard InChI is InChI=1S/C25H33ClN6S/c1-4-25(12-17(2)13-25)33-30-20-7-5-6-19(26)21(20)22(27)32-11-10-31(16-24(32)8-9-24)23-28-14-18(3)15-29-23/h5-7,14-15,17,27,30H,4,8-13,16H2,1-3H3. The molecule has 1 aromatic carbocycles. The van der Waals surface area contributed by atoms with Crippen LogP contribution >= 0.6 is 23.5 Å². The Balaban J connectivity index is 1.34. The molecule has 1 aliphatic heterocycles. The summed E-state index contributed by atoms with van der Waals surface area (Å²) in [6, 6.07) is 5.94. The summed E-state index contributed by atoms with van der Waals surface area (Å²) in [6.07, 6.45) is 9.53. The van der Waals surface area contributed by atoms with E-state index in [1.54, 1.807) is 0 Å². The molecular formula is C25H33ClN6S. The monoisotopic (exact) mass is 484 g/mol. The molecular weight excluding hydrogens is 452 g/mol. The van der Waals surface area contributed by atoms with Crippen LogP contribution in [0.15, 0.2) is 30.6 Å². The van der Waals surface area contributed by atoms with E-state index in [9.17, 15) is 5.41 Å². The molecule has 6 nitrogen and oxygen atoms in total. The summed E-state index contributed by atoms with van der Waals surface area (Å²) in [6.45, 7) is 9.02. The maximum Gasteiger partial charge on any atom is 0.225 e. The minimum Gasteiger partial charge on any atom is -0.347 e. The predicted molar refractivity (Wildman–Crippen MR) is 139 cm³/mol. The largest absolute Gasteiger partial charge is 0.347 e. The molecule has 1 saturated heterocycles. The number of hydrogen-bond donors (Lipinski definition) is 2. The average molecular weight is 485 g/mol. The molecule has 2 saturated carbocycles. The predicted octanol–water partition coefficient (Wildman–Crippen LogP) is 5.76. The number of aryl methyl sites for hydroxylation is 1. The van der Waals surface area contributed by atoms with E-state index >= 15 is 0 Å². The van der Waals surface area contributed by atoms with Crippen molar-refractivity contribution in [1.82, 2.24) is 14.9 Å². The quantitative estimate of drug-likeness (QED) is 0.309. The molecule has 1 aromatic heterocycles. The molecule has 176 valence electrons. The van der Waals surface area contributed by atoms with Gasteiger partial charge in [-0.15, -0.1) is 0 Å². The van der Waals surface area contributed by atoms with Crippen molar-refractivity contribution in [3.05, 3.63) is 46.7 Å². The molecule has 0 unspecified atom stereocenters. The first-order chi connectivity index (χ1) is 15.8. The van der Waals surface area contributed by atoms with E-state index in [0.29, 0.717) is 15.6 Å². The second-order valence-corrected chi connectivity index (χ2v) is 11.8. The number of nitrogens with one attached hydrogen (secondary N) is 2. The number of rotatable bonds is 6. The second-order valence-electron chi connectivity index (χ2n) is 10.1. The van der Waals surface area contributed by atoms with E-state index in [1.807, 2.05) is 43.4 Å². The first kappa shape index (κ1) is 22.8. The molecule has 2 N–H and O–H groups in total.